The van der Waals surface area contributed by atoms with E-state index in [2.05, 4.69) is 10.6 Å². The van der Waals surface area contributed by atoms with E-state index in [0.29, 0.717) is 30.3 Å². The van der Waals surface area contributed by atoms with E-state index in [-0.39, 0.29) is 18.1 Å². The highest BCUT2D eigenvalue weighted by molar-refractivity contribution is 5.76. The van der Waals surface area contributed by atoms with Crippen LogP contribution in [0.25, 0.3) is 0 Å². The molecule has 2 aromatic rings. The third-order valence-electron chi connectivity index (χ3n) is 3.75. The molecule has 2 aromatic carbocycles. The van der Waals surface area contributed by atoms with E-state index in [1.165, 1.54) is 12.1 Å². The summed E-state index contributed by atoms with van der Waals surface area (Å²) >= 11 is 0. The maximum Gasteiger partial charge on any atom is 0.222 e. The minimum atomic E-state index is -0.297. The molecule has 0 radical (unpaired) electrons. The van der Waals surface area contributed by atoms with Gasteiger partial charge in [0.05, 0.1) is 21.3 Å². The maximum atomic E-state index is 12.8. The van der Waals surface area contributed by atoms with Gasteiger partial charge in [0, 0.05) is 37.3 Å². The minimum Gasteiger partial charge on any atom is -0.493 e. The van der Waals surface area contributed by atoms with Crippen molar-refractivity contribution in [3.05, 3.63) is 47.8 Å². The highest BCUT2D eigenvalue weighted by atomic mass is 19.1. The molecule has 6 nitrogen and oxygen atoms in total. The Morgan fingerprint density at radius 1 is 1.00 bits per heavy atom. The number of hydrogen-bond acceptors (Lipinski definition) is 5. The van der Waals surface area contributed by atoms with Crippen molar-refractivity contribution in [2.75, 3.05) is 33.2 Å². The number of anilines is 1. The summed E-state index contributed by atoms with van der Waals surface area (Å²) in [5.41, 5.74) is 1.60. The molecule has 0 fully saturated rings. The largest absolute Gasteiger partial charge is 0.493 e. The van der Waals surface area contributed by atoms with Crippen LogP contribution in [0.15, 0.2) is 36.4 Å². The van der Waals surface area contributed by atoms with Crippen LogP contribution in [-0.4, -0.2) is 33.8 Å². The lowest BCUT2D eigenvalue weighted by atomic mass is 10.2. The normalized spacial score (nSPS) is 10.2. The summed E-state index contributed by atoms with van der Waals surface area (Å²) in [4.78, 5) is 11.9. The number of carbonyl (C=O) groups is 1. The number of benzene rings is 2. The Labute approximate surface area is 152 Å². The predicted octanol–water partition coefficient (Wildman–Crippen LogP) is 2.97. The van der Waals surface area contributed by atoms with Gasteiger partial charge in [0.1, 0.15) is 5.82 Å². The quantitative estimate of drug-likeness (QED) is 0.718. The van der Waals surface area contributed by atoms with Crippen LogP contribution in [0.2, 0.25) is 0 Å². The number of methoxy groups -OCH3 is 3. The molecule has 0 heterocycles. The Balaban J connectivity index is 1.84. The summed E-state index contributed by atoms with van der Waals surface area (Å²) in [5.74, 6) is 1.19. The molecule has 0 aliphatic carbocycles. The molecule has 0 aromatic heterocycles. The lowest BCUT2D eigenvalue weighted by molar-refractivity contribution is -0.121. The molecule has 0 unspecified atom stereocenters. The molecule has 0 aliphatic heterocycles. The van der Waals surface area contributed by atoms with Crippen molar-refractivity contribution in [2.45, 2.75) is 13.0 Å². The Bertz CT molecular complexity index is 710. The van der Waals surface area contributed by atoms with Crippen LogP contribution >= 0.6 is 0 Å². The highest BCUT2D eigenvalue weighted by Crippen LogP contribution is 2.39. The number of halogens is 1. The Kier molecular flexibility index (Phi) is 7.08. The number of amides is 1. The molecule has 2 rings (SSSR count). The van der Waals surface area contributed by atoms with Gasteiger partial charge in [-0.05, 0) is 17.7 Å². The fraction of sp³-hybridized carbons (Fsp3) is 0.316. The van der Waals surface area contributed by atoms with Gasteiger partial charge < -0.3 is 24.8 Å². The molecule has 0 saturated carbocycles. The zero-order valence-electron chi connectivity index (χ0n) is 15.1. The first-order chi connectivity index (χ1) is 12.6. The maximum absolute atomic E-state index is 12.8. The minimum absolute atomic E-state index is 0.103. The van der Waals surface area contributed by atoms with Crippen LogP contribution < -0.4 is 24.8 Å². The molecule has 1 amide bonds. The summed E-state index contributed by atoms with van der Waals surface area (Å²) in [5, 5.41) is 5.95. The van der Waals surface area contributed by atoms with Gasteiger partial charge in [0.25, 0.3) is 0 Å². The van der Waals surface area contributed by atoms with Crippen LogP contribution in [0.5, 0.6) is 17.2 Å². The van der Waals surface area contributed by atoms with Gasteiger partial charge >= 0.3 is 0 Å². The first-order valence-electron chi connectivity index (χ1n) is 8.12. The van der Waals surface area contributed by atoms with Crippen molar-refractivity contribution in [2.24, 2.45) is 0 Å². The Hall–Kier alpha value is -2.96. The lowest BCUT2D eigenvalue weighted by Gasteiger charge is -2.15. The summed E-state index contributed by atoms with van der Waals surface area (Å²) in [6.07, 6.45) is 0.290. The van der Waals surface area contributed by atoms with E-state index >= 15 is 0 Å². The van der Waals surface area contributed by atoms with E-state index < -0.39 is 0 Å². The zero-order valence-corrected chi connectivity index (χ0v) is 15.1. The van der Waals surface area contributed by atoms with E-state index in [1.54, 1.807) is 45.6 Å². The third kappa shape index (κ3) is 5.27. The van der Waals surface area contributed by atoms with Crippen molar-refractivity contribution in [1.82, 2.24) is 5.32 Å². The second-order valence-electron chi connectivity index (χ2n) is 5.49. The second kappa shape index (κ2) is 9.50. The van der Waals surface area contributed by atoms with E-state index in [9.17, 15) is 9.18 Å². The number of carbonyl (C=O) groups excluding carboxylic acids is 1. The van der Waals surface area contributed by atoms with Crippen molar-refractivity contribution >= 4 is 11.6 Å². The molecule has 140 valence electrons. The smallest absolute Gasteiger partial charge is 0.222 e. The van der Waals surface area contributed by atoms with Crippen LogP contribution in [0.1, 0.15) is 12.0 Å². The molecule has 0 spiro atoms. The fourth-order valence-corrected chi connectivity index (χ4v) is 2.39. The standard InChI is InChI=1S/C19H23FN2O4/c1-24-16-10-15(11-17(25-2)19(16)26-3)21-9-8-18(23)22-12-13-4-6-14(20)7-5-13/h4-7,10-11,21H,8-9,12H2,1-3H3,(H,22,23). The molecular formula is C19H23FN2O4. The van der Waals surface area contributed by atoms with Gasteiger partial charge in [-0.2, -0.15) is 0 Å². The number of nitrogens with one attached hydrogen (secondary N) is 2. The summed E-state index contributed by atoms with van der Waals surface area (Å²) < 4.78 is 28.7. The average Bonchev–Trinajstić information content (AvgIpc) is 2.66. The van der Waals surface area contributed by atoms with Gasteiger partial charge in [-0.25, -0.2) is 4.39 Å². The second-order valence-corrected chi connectivity index (χ2v) is 5.49. The Morgan fingerprint density at radius 3 is 2.15 bits per heavy atom. The summed E-state index contributed by atoms with van der Waals surface area (Å²) in [7, 11) is 4.63. The number of ether oxygens (including phenoxy) is 3. The monoisotopic (exact) mass is 362 g/mol. The van der Waals surface area contributed by atoms with E-state index in [0.717, 1.165) is 11.3 Å². The molecule has 0 saturated heterocycles. The molecule has 7 heteroatoms. The SMILES string of the molecule is COc1cc(NCCC(=O)NCc2ccc(F)cc2)cc(OC)c1OC. The average molecular weight is 362 g/mol. The van der Waals surface area contributed by atoms with Gasteiger partial charge in [0.2, 0.25) is 11.7 Å². The van der Waals surface area contributed by atoms with Crippen LogP contribution in [0, 0.1) is 5.82 Å². The van der Waals surface area contributed by atoms with Crippen LogP contribution in [0.4, 0.5) is 10.1 Å². The summed E-state index contributed by atoms with van der Waals surface area (Å²) in [6, 6.07) is 9.57. The van der Waals surface area contributed by atoms with E-state index in [4.69, 9.17) is 14.2 Å². The first-order valence-corrected chi connectivity index (χ1v) is 8.12. The molecule has 2 N–H and O–H groups in total. The van der Waals surface area contributed by atoms with Crippen molar-refractivity contribution in [3.63, 3.8) is 0 Å². The molecular weight excluding hydrogens is 339 g/mol. The number of hydrogen-bond donors (Lipinski definition) is 2. The third-order valence-corrected chi connectivity index (χ3v) is 3.75. The van der Waals surface area contributed by atoms with Crippen molar-refractivity contribution < 1.29 is 23.4 Å². The highest BCUT2D eigenvalue weighted by Gasteiger charge is 2.13. The van der Waals surface area contributed by atoms with Gasteiger partial charge in [0.15, 0.2) is 11.5 Å². The summed E-state index contributed by atoms with van der Waals surface area (Å²) in [6.45, 7) is 0.803. The lowest BCUT2D eigenvalue weighted by Crippen LogP contribution is -2.24. The fourth-order valence-electron chi connectivity index (χ4n) is 2.39. The van der Waals surface area contributed by atoms with Gasteiger partial charge in [-0.3, -0.25) is 4.79 Å². The van der Waals surface area contributed by atoms with Crippen molar-refractivity contribution in [1.29, 1.82) is 0 Å². The Morgan fingerprint density at radius 2 is 1.62 bits per heavy atom. The van der Waals surface area contributed by atoms with Gasteiger partial charge in [-0.1, -0.05) is 12.1 Å². The molecule has 0 aliphatic rings. The molecule has 26 heavy (non-hydrogen) atoms. The van der Waals surface area contributed by atoms with Gasteiger partial charge in [-0.15, -0.1) is 0 Å². The van der Waals surface area contributed by atoms with Crippen LogP contribution in [-0.2, 0) is 11.3 Å². The van der Waals surface area contributed by atoms with E-state index in [1.807, 2.05) is 0 Å². The first kappa shape index (κ1) is 19.4. The van der Waals surface area contributed by atoms with Crippen LogP contribution in [0.3, 0.4) is 0 Å². The predicted molar refractivity (Wildman–Crippen MR) is 97.5 cm³/mol. The number of rotatable bonds is 9. The topological polar surface area (TPSA) is 68.8 Å². The zero-order chi connectivity index (χ0) is 18.9. The molecule has 0 atom stereocenters. The molecule has 0 bridgehead atoms. The van der Waals surface area contributed by atoms with Crippen molar-refractivity contribution in [3.8, 4) is 17.2 Å².